The van der Waals surface area contributed by atoms with Crippen molar-refractivity contribution in [2.24, 2.45) is 0 Å². The lowest BCUT2D eigenvalue weighted by atomic mass is 10.6. The fourth-order valence-electron chi connectivity index (χ4n) is 0.514. The molecule has 60 valence electrons. The molecule has 11 heavy (non-hydrogen) atoms. The zero-order chi connectivity index (χ0) is 8.43. The number of halogens is 2. The van der Waals surface area contributed by atoms with E-state index in [1.807, 2.05) is 0 Å². The Morgan fingerprint density at radius 2 is 2.45 bits per heavy atom. The summed E-state index contributed by atoms with van der Waals surface area (Å²) in [5.74, 6) is 0. The molecule has 1 aromatic rings. The largest absolute Gasteiger partial charge is 0.465 e. The zero-order valence-corrected chi connectivity index (χ0v) is 8.26. The van der Waals surface area contributed by atoms with Crippen molar-refractivity contribution >= 4 is 50.0 Å². The number of anilines is 1. The van der Waals surface area contributed by atoms with Crippen LogP contribution in [-0.4, -0.2) is 11.2 Å². The highest BCUT2D eigenvalue weighted by atomic mass is 79.9. The Hall–Kier alpha value is -0.260. The van der Waals surface area contributed by atoms with Crippen LogP contribution in [0.3, 0.4) is 0 Å². The number of carboxylic acid groups (broad SMARTS) is 1. The number of hydrogen-bond donors (Lipinski definition) is 2. The van der Waals surface area contributed by atoms with Crippen LogP contribution in [0.2, 0.25) is 4.34 Å². The van der Waals surface area contributed by atoms with Gasteiger partial charge in [-0.2, -0.15) is 0 Å². The monoisotopic (exact) mass is 255 g/mol. The van der Waals surface area contributed by atoms with Gasteiger partial charge in [-0.1, -0.05) is 11.6 Å². The molecule has 0 aliphatic heterocycles. The Labute approximate surface area is 80.1 Å². The van der Waals surface area contributed by atoms with E-state index in [-0.39, 0.29) is 0 Å². The van der Waals surface area contributed by atoms with Gasteiger partial charge in [-0.05, 0) is 22.0 Å². The first-order chi connectivity index (χ1) is 5.09. The van der Waals surface area contributed by atoms with Gasteiger partial charge in [0, 0.05) is 4.47 Å². The average molecular weight is 257 g/mol. The predicted molar refractivity (Wildman–Crippen MR) is 48.7 cm³/mol. The molecule has 0 saturated carbocycles. The molecule has 0 aliphatic carbocycles. The van der Waals surface area contributed by atoms with Crippen LogP contribution in [0.15, 0.2) is 10.5 Å². The Bertz CT molecular complexity index is 269. The maximum atomic E-state index is 10.1. The smallest absolute Gasteiger partial charge is 0.409 e. The van der Waals surface area contributed by atoms with Crippen molar-refractivity contribution in [3.8, 4) is 0 Å². The summed E-state index contributed by atoms with van der Waals surface area (Å²) in [6, 6.07) is 1.61. The van der Waals surface area contributed by atoms with Gasteiger partial charge in [0.25, 0.3) is 0 Å². The quantitative estimate of drug-likeness (QED) is 0.810. The molecule has 6 heteroatoms. The normalized spacial score (nSPS) is 9.64. The highest BCUT2D eigenvalue weighted by Gasteiger charge is 2.05. The van der Waals surface area contributed by atoms with E-state index in [2.05, 4.69) is 21.2 Å². The lowest BCUT2D eigenvalue weighted by molar-refractivity contribution is 0.210. The second kappa shape index (κ2) is 3.42. The third kappa shape index (κ3) is 2.36. The molecule has 1 amide bonds. The standard InChI is InChI=1S/C5H3BrClNO2S/c6-2-1-3(8-5(9)10)11-4(2)7/h1,8H,(H,9,10). The molecule has 0 bridgehead atoms. The lowest BCUT2D eigenvalue weighted by Crippen LogP contribution is -2.05. The molecule has 0 atom stereocenters. The molecular weight excluding hydrogens is 253 g/mol. The third-order valence-electron chi connectivity index (χ3n) is 0.875. The Balaban J connectivity index is 2.81. The van der Waals surface area contributed by atoms with Crippen molar-refractivity contribution in [1.82, 2.24) is 0 Å². The lowest BCUT2D eigenvalue weighted by Gasteiger charge is -1.91. The molecular formula is C5H3BrClNO2S. The summed E-state index contributed by atoms with van der Waals surface area (Å²) in [6.07, 6.45) is -1.09. The van der Waals surface area contributed by atoms with Crippen molar-refractivity contribution in [2.75, 3.05) is 5.32 Å². The van der Waals surface area contributed by atoms with Crippen LogP contribution < -0.4 is 5.32 Å². The van der Waals surface area contributed by atoms with Gasteiger partial charge in [0.2, 0.25) is 0 Å². The summed E-state index contributed by atoms with van der Waals surface area (Å²) in [5.41, 5.74) is 0. The zero-order valence-electron chi connectivity index (χ0n) is 5.10. The van der Waals surface area contributed by atoms with Crippen LogP contribution >= 0.6 is 38.9 Å². The summed E-state index contributed by atoms with van der Waals surface area (Å²) in [6.45, 7) is 0. The average Bonchev–Trinajstić information content (AvgIpc) is 2.10. The van der Waals surface area contributed by atoms with Crippen molar-refractivity contribution in [3.05, 3.63) is 14.9 Å². The van der Waals surface area contributed by atoms with Crippen molar-refractivity contribution in [2.45, 2.75) is 0 Å². The van der Waals surface area contributed by atoms with Gasteiger partial charge in [0.15, 0.2) is 0 Å². The highest BCUT2D eigenvalue weighted by molar-refractivity contribution is 9.10. The SMILES string of the molecule is O=C(O)Nc1cc(Br)c(Cl)s1. The summed E-state index contributed by atoms with van der Waals surface area (Å²) >= 11 is 9.97. The molecule has 2 N–H and O–H groups in total. The number of hydrogen-bond acceptors (Lipinski definition) is 2. The summed E-state index contributed by atoms with van der Waals surface area (Å²) in [4.78, 5) is 10.1. The van der Waals surface area contributed by atoms with Crippen LogP contribution in [0, 0.1) is 0 Å². The van der Waals surface area contributed by atoms with E-state index in [9.17, 15) is 4.79 Å². The minimum atomic E-state index is -1.09. The van der Waals surface area contributed by atoms with Crippen molar-refractivity contribution in [3.63, 3.8) is 0 Å². The number of amides is 1. The van der Waals surface area contributed by atoms with Crippen LogP contribution in [0.4, 0.5) is 9.80 Å². The topological polar surface area (TPSA) is 49.3 Å². The van der Waals surface area contributed by atoms with Crippen molar-refractivity contribution in [1.29, 1.82) is 0 Å². The Morgan fingerprint density at radius 3 is 2.82 bits per heavy atom. The molecule has 0 radical (unpaired) electrons. The third-order valence-corrected chi connectivity index (χ3v) is 3.27. The van der Waals surface area contributed by atoms with E-state index in [4.69, 9.17) is 16.7 Å². The molecule has 0 aromatic carbocycles. The maximum Gasteiger partial charge on any atom is 0.409 e. The van der Waals surface area contributed by atoms with Gasteiger partial charge in [-0.3, -0.25) is 5.32 Å². The molecule has 0 unspecified atom stereocenters. The number of rotatable bonds is 1. The van der Waals surface area contributed by atoms with Gasteiger partial charge in [-0.15, -0.1) is 11.3 Å². The summed E-state index contributed by atoms with van der Waals surface area (Å²) < 4.78 is 1.24. The molecule has 1 aromatic heterocycles. The Kier molecular flexibility index (Phi) is 2.75. The molecule has 0 aliphatic rings. The van der Waals surface area contributed by atoms with Crippen molar-refractivity contribution < 1.29 is 9.90 Å². The van der Waals surface area contributed by atoms with Crippen LogP contribution in [0.1, 0.15) is 0 Å². The van der Waals surface area contributed by atoms with E-state index < -0.39 is 6.09 Å². The Morgan fingerprint density at radius 1 is 1.82 bits per heavy atom. The molecule has 1 heterocycles. The fraction of sp³-hybridized carbons (Fsp3) is 0. The van der Waals surface area contributed by atoms with Crippen LogP contribution in [0.25, 0.3) is 0 Å². The fourth-order valence-corrected chi connectivity index (χ4v) is 2.11. The van der Waals surface area contributed by atoms with E-state index in [1.165, 1.54) is 11.3 Å². The van der Waals surface area contributed by atoms with Gasteiger partial charge >= 0.3 is 6.09 Å². The first-order valence-corrected chi connectivity index (χ1v) is 4.53. The summed E-state index contributed by atoms with van der Waals surface area (Å²) in [7, 11) is 0. The molecule has 1 rings (SSSR count). The van der Waals surface area contributed by atoms with E-state index in [0.717, 1.165) is 0 Å². The van der Waals surface area contributed by atoms with Gasteiger partial charge in [0.1, 0.15) is 9.34 Å². The van der Waals surface area contributed by atoms with Gasteiger partial charge < -0.3 is 5.11 Å². The van der Waals surface area contributed by atoms with Crippen LogP contribution in [-0.2, 0) is 0 Å². The van der Waals surface area contributed by atoms with E-state index in [1.54, 1.807) is 6.07 Å². The predicted octanol–water partition coefficient (Wildman–Crippen LogP) is 3.25. The van der Waals surface area contributed by atoms with Gasteiger partial charge in [-0.25, -0.2) is 4.79 Å². The number of nitrogens with one attached hydrogen (secondary N) is 1. The number of thiophene rings is 1. The molecule has 0 fully saturated rings. The first-order valence-electron chi connectivity index (χ1n) is 2.54. The maximum absolute atomic E-state index is 10.1. The molecule has 0 saturated heterocycles. The number of carbonyl (C=O) groups is 1. The highest BCUT2D eigenvalue weighted by Crippen LogP contribution is 2.35. The molecule has 0 spiro atoms. The van der Waals surface area contributed by atoms with E-state index >= 15 is 0 Å². The molecule has 3 nitrogen and oxygen atoms in total. The van der Waals surface area contributed by atoms with E-state index in [0.29, 0.717) is 13.8 Å². The minimum Gasteiger partial charge on any atom is -0.465 e. The van der Waals surface area contributed by atoms with Gasteiger partial charge in [0.05, 0.1) is 0 Å². The first kappa shape index (κ1) is 8.83. The van der Waals surface area contributed by atoms with Crippen LogP contribution in [0.5, 0.6) is 0 Å². The summed E-state index contributed by atoms with van der Waals surface area (Å²) in [5, 5.41) is 11.0. The second-order valence-electron chi connectivity index (χ2n) is 1.66. The second-order valence-corrected chi connectivity index (χ2v) is 4.17. The minimum absolute atomic E-state index is 0.509.